The molecule has 120 valence electrons. The molecule has 0 amide bonds. The number of ether oxygens (including phenoxy) is 1. The van der Waals surface area contributed by atoms with Gasteiger partial charge in [-0.1, -0.05) is 19.6 Å². The van der Waals surface area contributed by atoms with Gasteiger partial charge in [-0.2, -0.15) is 0 Å². The maximum Gasteiger partial charge on any atom is 0.332 e. The van der Waals surface area contributed by atoms with Crippen LogP contribution >= 0.6 is 0 Å². The number of rotatable bonds is 5. The molecule has 0 aliphatic rings. The van der Waals surface area contributed by atoms with E-state index >= 15 is 0 Å². The van der Waals surface area contributed by atoms with E-state index in [1.54, 1.807) is 11.6 Å². The van der Waals surface area contributed by atoms with E-state index in [0.717, 1.165) is 10.6 Å². The van der Waals surface area contributed by atoms with Gasteiger partial charge in [-0.3, -0.25) is 13.9 Å². The average molecular weight is 322 g/mol. The van der Waals surface area contributed by atoms with Gasteiger partial charge >= 0.3 is 5.69 Å². The molecule has 0 fully saturated rings. The monoisotopic (exact) mass is 322 g/mol. The summed E-state index contributed by atoms with van der Waals surface area (Å²) < 4.78 is 9.96. The lowest BCUT2D eigenvalue weighted by Gasteiger charge is -2.16. The second-order valence-electron chi connectivity index (χ2n) is 6.81. The van der Waals surface area contributed by atoms with Gasteiger partial charge in [0.2, 0.25) is 0 Å². The first-order valence-corrected chi connectivity index (χ1v) is 11.0. The van der Waals surface area contributed by atoms with Crippen molar-refractivity contribution >= 4 is 32.8 Å². The summed E-state index contributed by atoms with van der Waals surface area (Å²) >= 11 is 0. The molecular weight excluding hydrogens is 299 g/mol. The lowest BCUT2D eigenvalue weighted by molar-refractivity contribution is 0.0917. The van der Waals surface area contributed by atoms with Crippen LogP contribution in [-0.4, -0.2) is 41.2 Å². The van der Waals surface area contributed by atoms with Crippen LogP contribution in [0.25, 0.3) is 11.2 Å². The molecule has 0 radical (unpaired) electrons. The van der Waals surface area contributed by atoms with Gasteiger partial charge in [0.15, 0.2) is 19.0 Å². The van der Waals surface area contributed by atoms with Gasteiger partial charge < -0.3 is 9.30 Å². The van der Waals surface area contributed by atoms with Crippen molar-refractivity contribution in [3.05, 3.63) is 20.8 Å². The predicted octanol–water partition coefficient (Wildman–Crippen LogP) is -0.996. The average Bonchev–Trinajstić information content (AvgIpc) is 2.75. The Kier molecular flexibility index (Phi) is 4.48. The van der Waals surface area contributed by atoms with Crippen LogP contribution < -0.4 is 17.0 Å². The summed E-state index contributed by atoms with van der Waals surface area (Å²) in [7, 11) is 3.76. The van der Waals surface area contributed by atoms with E-state index in [-0.39, 0.29) is 18.0 Å². The normalized spacial score (nSPS) is 12.2. The zero-order valence-electron chi connectivity index (χ0n) is 14.1. The fraction of sp³-hybridized carbons (Fsp3) is 0.615. The Balaban J connectivity index is 2.37. The van der Waals surface area contributed by atoms with Gasteiger partial charge in [-0.25, -0.2) is 9.78 Å². The van der Waals surface area contributed by atoms with Gasteiger partial charge in [0, 0.05) is 28.8 Å². The molecular formula is C13H23BN4O3Si. The molecule has 2 aromatic heterocycles. The minimum absolute atomic E-state index is 0.278. The second kappa shape index (κ2) is 5.88. The molecule has 7 nitrogen and oxygen atoms in total. The lowest BCUT2D eigenvalue weighted by Crippen LogP contribution is -2.37. The molecule has 0 saturated heterocycles. The highest BCUT2D eigenvalue weighted by Crippen LogP contribution is 2.09. The van der Waals surface area contributed by atoms with Crippen molar-refractivity contribution in [3.63, 3.8) is 0 Å². The van der Waals surface area contributed by atoms with E-state index in [1.807, 2.05) is 7.85 Å². The Hall–Kier alpha value is -1.61. The first-order chi connectivity index (χ1) is 10.1. The van der Waals surface area contributed by atoms with E-state index in [9.17, 15) is 9.59 Å². The fourth-order valence-corrected chi connectivity index (χ4v) is 3.00. The van der Waals surface area contributed by atoms with Gasteiger partial charge in [-0.05, 0) is 6.04 Å². The molecule has 0 bridgehead atoms. The molecule has 2 rings (SSSR count). The number of fused-ring (bicyclic) bond motifs is 1. The Morgan fingerprint density at radius 2 is 1.82 bits per heavy atom. The van der Waals surface area contributed by atoms with Crippen molar-refractivity contribution < 1.29 is 4.74 Å². The van der Waals surface area contributed by atoms with Crippen LogP contribution in [0.2, 0.25) is 25.7 Å². The predicted molar refractivity (Wildman–Crippen MR) is 92.5 cm³/mol. The van der Waals surface area contributed by atoms with E-state index in [4.69, 9.17) is 4.74 Å². The number of aryl methyl sites for hydroxylation is 1. The Morgan fingerprint density at radius 3 is 2.41 bits per heavy atom. The number of hydrogen-bond acceptors (Lipinski definition) is 4. The zero-order valence-corrected chi connectivity index (χ0v) is 15.1. The fourth-order valence-electron chi connectivity index (χ4n) is 2.25. The molecule has 0 aromatic carbocycles. The van der Waals surface area contributed by atoms with Gasteiger partial charge in [0.05, 0.1) is 5.72 Å². The van der Waals surface area contributed by atoms with E-state index in [0.29, 0.717) is 23.5 Å². The first-order valence-electron chi connectivity index (χ1n) is 7.34. The third-order valence-electron chi connectivity index (χ3n) is 3.76. The number of aromatic nitrogens is 4. The van der Waals surface area contributed by atoms with Crippen LogP contribution in [0.3, 0.4) is 0 Å². The molecule has 0 aliphatic heterocycles. The summed E-state index contributed by atoms with van der Waals surface area (Å²) in [5.74, 6) is 0. The molecule has 0 spiro atoms. The Labute approximate surface area is 130 Å². The van der Waals surface area contributed by atoms with E-state index < -0.39 is 8.07 Å². The third-order valence-corrected chi connectivity index (χ3v) is 5.46. The van der Waals surface area contributed by atoms with Gasteiger partial charge in [0.25, 0.3) is 5.56 Å². The smallest absolute Gasteiger partial charge is 0.332 e. The summed E-state index contributed by atoms with van der Waals surface area (Å²) in [5.41, 5.74) is 0.769. The summed E-state index contributed by atoms with van der Waals surface area (Å²) in [5, 5.41) is 0. The van der Waals surface area contributed by atoms with Crippen molar-refractivity contribution in [1.29, 1.82) is 0 Å². The minimum Gasteiger partial charge on any atom is -0.361 e. The van der Waals surface area contributed by atoms with Crippen molar-refractivity contribution in [1.82, 2.24) is 18.7 Å². The van der Waals surface area contributed by atoms with Crippen molar-refractivity contribution in [2.45, 2.75) is 32.4 Å². The van der Waals surface area contributed by atoms with Crippen LogP contribution in [0, 0.1) is 0 Å². The number of nitrogens with zero attached hydrogens (tertiary/aromatic N) is 4. The van der Waals surface area contributed by atoms with Crippen molar-refractivity contribution in [2.24, 2.45) is 14.1 Å². The van der Waals surface area contributed by atoms with E-state index in [2.05, 4.69) is 24.6 Å². The second-order valence-corrected chi connectivity index (χ2v) is 12.4. The summed E-state index contributed by atoms with van der Waals surface area (Å²) in [4.78, 5) is 28.7. The summed E-state index contributed by atoms with van der Waals surface area (Å²) in [6.07, 6.45) is 0. The molecule has 9 heteroatoms. The quantitative estimate of drug-likeness (QED) is 0.523. The molecule has 0 saturated carbocycles. The Bertz CT molecular complexity index is 816. The SMILES string of the molecule is Bc1nc2c(c(=O)n(C)c(=O)n2C)n1COCC[Si](C)(C)C. The molecule has 2 aromatic rings. The molecule has 0 N–H and O–H groups in total. The summed E-state index contributed by atoms with van der Waals surface area (Å²) in [6, 6.07) is 1.06. The molecule has 22 heavy (non-hydrogen) atoms. The highest BCUT2D eigenvalue weighted by atomic mass is 28.3. The number of hydrogen-bond donors (Lipinski definition) is 0. The lowest BCUT2D eigenvalue weighted by atomic mass is 10.1. The maximum absolute atomic E-state index is 12.4. The van der Waals surface area contributed by atoms with Crippen LogP contribution in [-0.2, 0) is 25.6 Å². The van der Waals surface area contributed by atoms with Gasteiger partial charge in [-0.15, -0.1) is 0 Å². The summed E-state index contributed by atoms with van der Waals surface area (Å²) in [6.45, 7) is 7.82. The largest absolute Gasteiger partial charge is 0.361 e. The minimum atomic E-state index is -1.14. The van der Waals surface area contributed by atoms with Crippen LogP contribution in [0.5, 0.6) is 0 Å². The van der Waals surface area contributed by atoms with Crippen LogP contribution in [0.15, 0.2) is 9.59 Å². The molecule has 2 heterocycles. The topological polar surface area (TPSA) is 71.0 Å². The van der Waals surface area contributed by atoms with Crippen molar-refractivity contribution in [3.8, 4) is 0 Å². The molecule has 0 aliphatic carbocycles. The Morgan fingerprint density at radius 1 is 1.18 bits per heavy atom. The van der Waals surface area contributed by atoms with Crippen molar-refractivity contribution in [2.75, 3.05) is 6.61 Å². The van der Waals surface area contributed by atoms with E-state index in [1.165, 1.54) is 11.6 Å². The molecule has 0 unspecified atom stereocenters. The zero-order chi connectivity index (χ0) is 16.7. The van der Waals surface area contributed by atoms with Crippen LogP contribution in [0.1, 0.15) is 0 Å². The maximum atomic E-state index is 12.4. The third kappa shape index (κ3) is 3.10. The van der Waals surface area contributed by atoms with Gasteiger partial charge in [0.1, 0.15) is 6.73 Å². The molecule has 0 atom stereocenters. The number of imidazole rings is 1. The highest BCUT2D eigenvalue weighted by molar-refractivity contribution is 6.76. The first kappa shape index (κ1) is 16.8. The standard InChI is InChI=1S/C13H23BN4O3Si/c1-16-10-9(11(19)17(2)13(16)20)18(12(14)15-10)8-21-6-7-22(3,4)5/h6-8,14H2,1-5H3. The highest BCUT2D eigenvalue weighted by Gasteiger charge is 2.17. The van der Waals surface area contributed by atoms with Crippen LogP contribution in [0.4, 0.5) is 0 Å².